The lowest BCUT2D eigenvalue weighted by Crippen LogP contribution is -2.45. The lowest BCUT2D eigenvalue weighted by Gasteiger charge is -2.31. The van der Waals surface area contributed by atoms with Crippen LogP contribution in [0.15, 0.2) is 42.6 Å². The summed E-state index contributed by atoms with van der Waals surface area (Å²) < 4.78 is 45.0. The highest BCUT2D eigenvalue weighted by molar-refractivity contribution is 6.31. The minimum atomic E-state index is -0.944. The maximum atomic E-state index is 15.4. The summed E-state index contributed by atoms with van der Waals surface area (Å²) in [4.78, 5) is 20.2. The predicted molar refractivity (Wildman–Crippen MR) is 129 cm³/mol. The van der Waals surface area contributed by atoms with E-state index in [0.29, 0.717) is 24.2 Å². The lowest BCUT2D eigenvalue weighted by molar-refractivity contribution is 0.251. The average Bonchev–Trinajstić information content (AvgIpc) is 2.86. The molecule has 0 aliphatic carbocycles. The van der Waals surface area contributed by atoms with Crippen molar-refractivity contribution in [2.24, 2.45) is 0 Å². The molecule has 0 saturated heterocycles. The molecule has 0 saturated carbocycles. The fourth-order valence-electron chi connectivity index (χ4n) is 3.94. The van der Waals surface area contributed by atoms with E-state index in [0.717, 1.165) is 23.2 Å². The Morgan fingerprint density at radius 1 is 1.03 bits per heavy atom. The van der Waals surface area contributed by atoms with Gasteiger partial charge in [-0.2, -0.15) is 0 Å². The number of rotatable bonds is 6. The van der Waals surface area contributed by atoms with Gasteiger partial charge >= 0.3 is 6.03 Å². The Labute approximate surface area is 200 Å². The van der Waals surface area contributed by atoms with Crippen LogP contribution < -0.4 is 20.4 Å². The molecule has 2 aromatic carbocycles. The minimum Gasteiger partial charge on any atom is -0.384 e. The molecule has 2 N–H and O–H groups in total. The first-order valence-electron chi connectivity index (χ1n) is 10.7. The van der Waals surface area contributed by atoms with Crippen LogP contribution in [0, 0.1) is 17.5 Å². The second-order valence-electron chi connectivity index (χ2n) is 8.09. The van der Waals surface area contributed by atoms with Crippen LogP contribution in [0.5, 0.6) is 0 Å². The standard InChI is InChI=1S/C24H23ClF3N5O/c1-13(2)32-23-18(9-15(26)12-31-23)17-5-4-14(25)8-21(17)33(24(32)34)22-19(27)10-16(11-20(22)28)30-7-6-29-3/h4-5,8-13,29-30H,6-7H2,1-3H3. The van der Waals surface area contributed by atoms with Crippen LogP contribution in [0.1, 0.15) is 13.8 Å². The molecule has 0 atom stereocenters. The van der Waals surface area contributed by atoms with Crippen molar-refractivity contribution in [2.75, 3.05) is 35.3 Å². The van der Waals surface area contributed by atoms with E-state index in [1.165, 1.54) is 17.0 Å². The number of carbonyl (C=O) groups is 1. The molecule has 3 aromatic rings. The molecular weight excluding hydrogens is 467 g/mol. The molecule has 1 aromatic heterocycles. The maximum absolute atomic E-state index is 15.4. The van der Waals surface area contributed by atoms with Gasteiger partial charge in [-0.25, -0.2) is 22.9 Å². The van der Waals surface area contributed by atoms with Crippen LogP contribution >= 0.6 is 11.6 Å². The molecular formula is C24H23ClF3N5O. The maximum Gasteiger partial charge on any atom is 0.335 e. The van der Waals surface area contributed by atoms with E-state index in [1.54, 1.807) is 33.0 Å². The Bertz CT molecular complexity index is 1230. The van der Waals surface area contributed by atoms with Gasteiger partial charge in [-0.3, -0.25) is 9.80 Å². The van der Waals surface area contributed by atoms with Gasteiger partial charge in [-0.15, -0.1) is 0 Å². The molecule has 0 unspecified atom stereocenters. The molecule has 178 valence electrons. The zero-order valence-electron chi connectivity index (χ0n) is 18.8. The SMILES string of the molecule is CNCCNc1cc(F)c(N2C(=O)N(C(C)C)c3ncc(F)cc3-c3ccc(Cl)cc32)c(F)c1. The molecule has 2 heterocycles. The first-order chi connectivity index (χ1) is 16.2. The largest absolute Gasteiger partial charge is 0.384 e. The molecule has 6 nitrogen and oxygen atoms in total. The fraction of sp³-hybridized carbons (Fsp3) is 0.250. The molecule has 1 aliphatic heterocycles. The molecule has 10 heteroatoms. The number of hydrogen-bond acceptors (Lipinski definition) is 4. The molecule has 0 radical (unpaired) electrons. The number of fused-ring (bicyclic) bond motifs is 3. The quantitative estimate of drug-likeness (QED) is 0.421. The van der Waals surface area contributed by atoms with Crippen LogP contribution in [0.25, 0.3) is 11.1 Å². The number of nitrogens with one attached hydrogen (secondary N) is 2. The summed E-state index contributed by atoms with van der Waals surface area (Å²) in [5.41, 5.74) is 0.449. The number of halogens is 4. The number of urea groups is 1. The molecule has 1 aliphatic rings. The van der Waals surface area contributed by atoms with Gasteiger partial charge in [0.1, 0.15) is 17.3 Å². The van der Waals surface area contributed by atoms with Crippen LogP contribution in [0.2, 0.25) is 5.02 Å². The summed E-state index contributed by atoms with van der Waals surface area (Å²) in [5.74, 6) is -2.32. The van der Waals surface area contributed by atoms with Gasteiger partial charge in [0, 0.05) is 41.0 Å². The Morgan fingerprint density at radius 2 is 1.74 bits per heavy atom. The zero-order valence-corrected chi connectivity index (χ0v) is 19.6. The fourth-order valence-corrected chi connectivity index (χ4v) is 4.10. The summed E-state index contributed by atoms with van der Waals surface area (Å²) in [7, 11) is 1.76. The van der Waals surface area contributed by atoms with E-state index in [1.807, 2.05) is 0 Å². The third-order valence-corrected chi connectivity index (χ3v) is 5.65. The van der Waals surface area contributed by atoms with Crippen LogP contribution in [-0.2, 0) is 0 Å². The Balaban J connectivity index is 1.96. The van der Waals surface area contributed by atoms with Gasteiger partial charge in [0.15, 0.2) is 11.6 Å². The van der Waals surface area contributed by atoms with Crippen molar-refractivity contribution < 1.29 is 18.0 Å². The average molecular weight is 490 g/mol. The van der Waals surface area contributed by atoms with Crippen LogP contribution in [0.3, 0.4) is 0 Å². The third-order valence-electron chi connectivity index (χ3n) is 5.41. The zero-order chi connectivity index (χ0) is 24.6. The molecule has 0 spiro atoms. The van der Waals surface area contributed by atoms with Gasteiger partial charge in [0.05, 0.1) is 11.9 Å². The third kappa shape index (κ3) is 4.28. The van der Waals surface area contributed by atoms with Gasteiger partial charge in [-0.05, 0) is 51.2 Å². The lowest BCUT2D eigenvalue weighted by atomic mass is 10.0. The summed E-state index contributed by atoms with van der Waals surface area (Å²) >= 11 is 6.22. The second-order valence-corrected chi connectivity index (χ2v) is 8.52. The van der Waals surface area contributed by atoms with Crippen molar-refractivity contribution in [1.29, 1.82) is 0 Å². The highest BCUT2D eigenvalue weighted by atomic mass is 35.5. The van der Waals surface area contributed by atoms with Crippen molar-refractivity contribution in [3.63, 3.8) is 0 Å². The van der Waals surface area contributed by atoms with Gasteiger partial charge in [-0.1, -0.05) is 17.7 Å². The normalized spacial score (nSPS) is 13.1. The Morgan fingerprint density at radius 3 is 2.38 bits per heavy atom. The van der Waals surface area contributed by atoms with Crippen molar-refractivity contribution >= 4 is 40.5 Å². The number of aromatic nitrogens is 1. The Kier molecular flexibility index (Phi) is 6.67. The smallest absolute Gasteiger partial charge is 0.335 e. The predicted octanol–water partition coefficient (Wildman–Crippen LogP) is 5.94. The van der Waals surface area contributed by atoms with Gasteiger partial charge < -0.3 is 10.6 Å². The number of nitrogens with zero attached hydrogens (tertiary/aromatic N) is 3. The number of carbonyl (C=O) groups excluding carboxylic acids is 1. The number of pyridine rings is 1. The Hall–Kier alpha value is -3.30. The van der Waals surface area contributed by atoms with Crippen molar-refractivity contribution in [1.82, 2.24) is 10.3 Å². The number of benzene rings is 2. The summed E-state index contributed by atoms with van der Waals surface area (Å²) in [5, 5.41) is 6.10. The van der Waals surface area contributed by atoms with Crippen LogP contribution in [0.4, 0.5) is 40.8 Å². The molecule has 0 bridgehead atoms. The number of hydrogen-bond donors (Lipinski definition) is 2. The molecule has 2 amide bonds. The summed E-state index contributed by atoms with van der Waals surface area (Å²) in [6, 6.07) is 6.85. The van der Waals surface area contributed by atoms with E-state index in [-0.39, 0.29) is 22.2 Å². The summed E-state index contributed by atoms with van der Waals surface area (Å²) in [6.07, 6.45) is 1.000. The van der Waals surface area contributed by atoms with E-state index in [4.69, 9.17) is 11.6 Å². The van der Waals surface area contributed by atoms with Gasteiger partial charge in [0.25, 0.3) is 0 Å². The first kappa shape index (κ1) is 23.8. The van der Waals surface area contributed by atoms with E-state index in [9.17, 15) is 9.18 Å². The second kappa shape index (κ2) is 9.52. The molecule has 34 heavy (non-hydrogen) atoms. The van der Waals surface area contributed by atoms with Crippen molar-refractivity contribution in [3.05, 3.63) is 65.1 Å². The molecule has 4 rings (SSSR count). The van der Waals surface area contributed by atoms with E-state index in [2.05, 4.69) is 15.6 Å². The summed E-state index contributed by atoms with van der Waals surface area (Å²) in [6.45, 7) is 4.50. The number of anilines is 4. The first-order valence-corrected chi connectivity index (χ1v) is 11.1. The van der Waals surface area contributed by atoms with E-state index >= 15 is 8.78 Å². The van der Waals surface area contributed by atoms with Gasteiger partial charge in [0.2, 0.25) is 0 Å². The topological polar surface area (TPSA) is 60.5 Å². The van der Waals surface area contributed by atoms with Crippen LogP contribution in [-0.4, -0.2) is 37.2 Å². The van der Waals surface area contributed by atoms with Crippen molar-refractivity contribution in [2.45, 2.75) is 19.9 Å². The van der Waals surface area contributed by atoms with Crippen molar-refractivity contribution in [3.8, 4) is 11.1 Å². The molecule has 0 fully saturated rings. The minimum absolute atomic E-state index is 0.114. The number of amides is 2. The highest BCUT2D eigenvalue weighted by Gasteiger charge is 2.38. The van der Waals surface area contributed by atoms with E-state index < -0.39 is 35.2 Å². The monoisotopic (exact) mass is 489 g/mol. The number of likely N-dealkylation sites (N-methyl/N-ethyl adjacent to an activating group) is 1. The highest BCUT2D eigenvalue weighted by Crippen LogP contribution is 2.46.